The Bertz CT molecular complexity index is 527. The number of halogens is 4. The zero-order valence-electron chi connectivity index (χ0n) is 9.38. The summed E-state index contributed by atoms with van der Waals surface area (Å²) in [5, 5.41) is 9.11. The van der Waals surface area contributed by atoms with Crippen LogP contribution in [0.2, 0.25) is 0 Å². The van der Waals surface area contributed by atoms with Gasteiger partial charge in [0.25, 0.3) is 5.69 Å². The van der Waals surface area contributed by atoms with Gasteiger partial charge in [0.15, 0.2) is 0 Å². The van der Waals surface area contributed by atoms with Crippen LogP contribution in [0.15, 0.2) is 17.1 Å². The molecule has 0 aliphatic heterocycles. The summed E-state index contributed by atoms with van der Waals surface area (Å²) in [6, 6.07) is 2.54. The van der Waals surface area contributed by atoms with E-state index in [4.69, 9.17) is 11.6 Å². The Morgan fingerprint density at radius 3 is 2.39 bits per heavy atom. The van der Waals surface area contributed by atoms with E-state index in [-0.39, 0.29) is 16.9 Å². The van der Waals surface area contributed by atoms with Crippen molar-refractivity contribution < 1.29 is 18.1 Å². The van der Waals surface area contributed by atoms with E-state index in [2.05, 4.69) is 4.99 Å². The molecule has 4 nitrogen and oxygen atoms in total. The minimum absolute atomic E-state index is 0.0439. The van der Waals surface area contributed by atoms with Crippen LogP contribution in [0.4, 0.5) is 24.5 Å². The number of aliphatic imine (C=N–C) groups is 1. The van der Waals surface area contributed by atoms with Gasteiger partial charge in [0.1, 0.15) is 0 Å². The van der Waals surface area contributed by atoms with Gasteiger partial charge in [-0.05, 0) is 19.4 Å². The first-order valence-corrected chi connectivity index (χ1v) is 5.08. The lowest BCUT2D eigenvalue weighted by Crippen LogP contribution is -2.16. The molecule has 0 heterocycles. The fourth-order valence-corrected chi connectivity index (χ4v) is 1.44. The molecule has 0 amide bonds. The molecule has 0 radical (unpaired) electrons. The van der Waals surface area contributed by atoms with E-state index in [1.807, 2.05) is 0 Å². The van der Waals surface area contributed by atoms with Crippen LogP contribution in [0.5, 0.6) is 0 Å². The van der Waals surface area contributed by atoms with Crippen LogP contribution in [-0.4, -0.2) is 16.3 Å². The molecule has 0 bridgehead atoms. The second-order valence-electron chi connectivity index (χ2n) is 3.53. The molecule has 18 heavy (non-hydrogen) atoms. The molecule has 0 spiro atoms. The third kappa shape index (κ3) is 2.98. The summed E-state index contributed by atoms with van der Waals surface area (Å²) in [6.45, 7) is 2.82. The summed E-state index contributed by atoms with van der Waals surface area (Å²) < 4.78 is 36.8. The maximum Gasteiger partial charge on any atom is 0.444 e. The van der Waals surface area contributed by atoms with E-state index in [1.54, 1.807) is 0 Å². The summed E-state index contributed by atoms with van der Waals surface area (Å²) in [7, 11) is 0. The van der Waals surface area contributed by atoms with Crippen molar-refractivity contribution in [3.05, 3.63) is 33.4 Å². The third-order valence-corrected chi connectivity index (χ3v) is 2.54. The van der Waals surface area contributed by atoms with Gasteiger partial charge < -0.3 is 0 Å². The maximum absolute atomic E-state index is 12.3. The molecule has 0 saturated heterocycles. The van der Waals surface area contributed by atoms with E-state index in [0.717, 1.165) is 0 Å². The first-order valence-electron chi connectivity index (χ1n) is 4.70. The molecule has 1 aromatic rings. The molecule has 0 fully saturated rings. The largest absolute Gasteiger partial charge is 0.444 e. The van der Waals surface area contributed by atoms with Crippen molar-refractivity contribution in [2.24, 2.45) is 4.99 Å². The quantitative estimate of drug-likeness (QED) is 0.466. The Morgan fingerprint density at radius 1 is 1.39 bits per heavy atom. The van der Waals surface area contributed by atoms with E-state index >= 15 is 0 Å². The van der Waals surface area contributed by atoms with Crippen LogP contribution in [0, 0.1) is 24.0 Å². The van der Waals surface area contributed by atoms with Crippen molar-refractivity contribution in [3.63, 3.8) is 0 Å². The van der Waals surface area contributed by atoms with E-state index in [1.165, 1.54) is 26.0 Å². The predicted molar refractivity (Wildman–Crippen MR) is 61.6 cm³/mol. The molecule has 1 rings (SSSR count). The first kappa shape index (κ1) is 14.4. The highest BCUT2D eigenvalue weighted by molar-refractivity contribution is 6.67. The Labute approximate surface area is 105 Å². The molecule has 0 aliphatic carbocycles. The molecule has 0 unspecified atom stereocenters. The molecule has 0 atom stereocenters. The van der Waals surface area contributed by atoms with Gasteiger partial charge in [-0.15, -0.1) is 0 Å². The lowest BCUT2D eigenvalue weighted by Gasteiger charge is -2.08. The van der Waals surface area contributed by atoms with Gasteiger partial charge >= 0.3 is 6.18 Å². The zero-order chi connectivity index (χ0) is 14.1. The summed E-state index contributed by atoms with van der Waals surface area (Å²) in [4.78, 5) is 13.2. The molecule has 8 heteroatoms. The Hall–Kier alpha value is -1.63. The second-order valence-corrected chi connectivity index (χ2v) is 3.89. The van der Waals surface area contributed by atoms with Gasteiger partial charge in [-0.25, -0.2) is 4.99 Å². The summed E-state index contributed by atoms with van der Waals surface area (Å²) in [6.07, 6.45) is -4.77. The number of hydrogen-bond acceptors (Lipinski definition) is 3. The fourth-order valence-electron chi connectivity index (χ4n) is 1.36. The Kier molecular flexibility index (Phi) is 3.95. The Morgan fingerprint density at radius 2 is 1.94 bits per heavy atom. The lowest BCUT2D eigenvalue weighted by molar-refractivity contribution is -0.385. The molecule has 0 saturated carbocycles. The number of rotatable bonds is 2. The van der Waals surface area contributed by atoms with Crippen molar-refractivity contribution in [1.29, 1.82) is 0 Å². The predicted octanol–water partition coefficient (Wildman–Crippen LogP) is 4.04. The van der Waals surface area contributed by atoms with Crippen molar-refractivity contribution in [3.8, 4) is 0 Å². The number of nitro benzene ring substituents is 1. The summed E-state index contributed by atoms with van der Waals surface area (Å²) in [5.41, 5.74) is -0.0135. The van der Waals surface area contributed by atoms with Crippen LogP contribution in [0.3, 0.4) is 0 Å². The lowest BCUT2D eigenvalue weighted by atomic mass is 10.1. The second kappa shape index (κ2) is 4.93. The normalized spacial score (nSPS) is 12.7. The number of alkyl halides is 3. The topological polar surface area (TPSA) is 55.5 Å². The number of nitro groups is 1. The monoisotopic (exact) mass is 280 g/mol. The summed E-state index contributed by atoms with van der Waals surface area (Å²) >= 11 is 5.02. The minimum Gasteiger partial charge on any atom is -0.258 e. The fraction of sp³-hybridized carbons (Fsp3) is 0.300. The SMILES string of the molecule is Cc1ccc([N+](=O)[O-])c(C)c1N=C(Cl)C(F)(F)F. The Balaban J connectivity index is 3.42. The standard InChI is InChI=1S/C10H8ClF3N2O2/c1-5-3-4-7(16(17)18)6(2)8(5)15-9(11)10(12,13)14/h3-4H,1-2H3. The van der Waals surface area contributed by atoms with Crippen LogP contribution in [0.1, 0.15) is 11.1 Å². The number of aryl methyl sites for hydroxylation is 1. The number of nitrogens with zero attached hydrogens (tertiary/aromatic N) is 2. The maximum atomic E-state index is 12.3. The summed E-state index contributed by atoms with van der Waals surface area (Å²) in [5.74, 6) is 0. The average Bonchev–Trinajstić information content (AvgIpc) is 2.21. The van der Waals surface area contributed by atoms with Crippen molar-refractivity contribution in [1.82, 2.24) is 0 Å². The van der Waals surface area contributed by atoms with Gasteiger partial charge in [-0.1, -0.05) is 17.7 Å². The van der Waals surface area contributed by atoms with E-state index in [0.29, 0.717) is 5.56 Å². The zero-order valence-corrected chi connectivity index (χ0v) is 10.1. The average molecular weight is 281 g/mol. The van der Waals surface area contributed by atoms with Crippen LogP contribution in [-0.2, 0) is 0 Å². The van der Waals surface area contributed by atoms with Crippen molar-refractivity contribution in [2.75, 3.05) is 0 Å². The van der Waals surface area contributed by atoms with Gasteiger partial charge in [0, 0.05) is 6.07 Å². The highest BCUT2D eigenvalue weighted by Gasteiger charge is 2.35. The third-order valence-electron chi connectivity index (χ3n) is 2.24. The van der Waals surface area contributed by atoms with Crippen LogP contribution < -0.4 is 0 Å². The van der Waals surface area contributed by atoms with Crippen LogP contribution in [0.25, 0.3) is 0 Å². The number of benzene rings is 1. The van der Waals surface area contributed by atoms with E-state index in [9.17, 15) is 23.3 Å². The molecule has 98 valence electrons. The minimum atomic E-state index is -4.77. The van der Waals surface area contributed by atoms with Crippen molar-refractivity contribution in [2.45, 2.75) is 20.0 Å². The first-order chi connectivity index (χ1) is 8.14. The highest BCUT2D eigenvalue weighted by atomic mass is 35.5. The molecule has 0 N–H and O–H groups in total. The molecule has 1 aromatic carbocycles. The van der Waals surface area contributed by atoms with E-state index < -0.39 is 16.3 Å². The highest BCUT2D eigenvalue weighted by Crippen LogP contribution is 2.33. The smallest absolute Gasteiger partial charge is 0.258 e. The van der Waals surface area contributed by atoms with Gasteiger partial charge in [0.2, 0.25) is 5.17 Å². The van der Waals surface area contributed by atoms with Gasteiger partial charge in [-0.2, -0.15) is 13.2 Å². The molecular formula is C10H8ClF3N2O2. The molecule has 0 aliphatic rings. The number of hydrogen-bond donors (Lipinski definition) is 0. The van der Waals surface area contributed by atoms with Gasteiger partial charge in [-0.3, -0.25) is 10.1 Å². The van der Waals surface area contributed by atoms with Crippen molar-refractivity contribution >= 4 is 28.1 Å². The van der Waals surface area contributed by atoms with Gasteiger partial charge in [0.05, 0.1) is 16.2 Å². The molecule has 0 aromatic heterocycles. The van der Waals surface area contributed by atoms with Crippen LogP contribution >= 0.6 is 11.6 Å². The molecular weight excluding hydrogens is 273 g/mol.